The Balaban J connectivity index is 1.51. The van der Waals surface area contributed by atoms with Crippen molar-refractivity contribution in [2.45, 2.75) is 20.4 Å². The molecule has 7 heteroatoms. The standard InChI is InChI=1S/C19H18BrN3O3/c1-12-8-15(9-13(2)18(12)20)25-11-16(24)21-10-17-22-19(23-26-17)14-6-4-3-5-7-14/h3-9H,10-11H2,1-2H3,(H,21,24). The molecule has 0 saturated carbocycles. The summed E-state index contributed by atoms with van der Waals surface area (Å²) in [6, 6.07) is 13.3. The maximum atomic E-state index is 12.0. The van der Waals surface area contributed by atoms with Crippen LogP contribution in [0.1, 0.15) is 17.0 Å². The molecule has 134 valence electrons. The first-order chi connectivity index (χ1) is 12.5. The minimum absolute atomic E-state index is 0.0831. The number of nitrogens with zero attached hydrogens (tertiary/aromatic N) is 2. The van der Waals surface area contributed by atoms with Crippen molar-refractivity contribution in [2.24, 2.45) is 0 Å². The quantitative estimate of drug-likeness (QED) is 0.661. The number of hydrogen-bond acceptors (Lipinski definition) is 5. The molecule has 0 aliphatic rings. The third kappa shape index (κ3) is 4.49. The van der Waals surface area contributed by atoms with Gasteiger partial charge in [0.1, 0.15) is 5.75 Å². The maximum Gasteiger partial charge on any atom is 0.258 e. The van der Waals surface area contributed by atoms with Gasteiger partial charge < -0.3 is 14.6 Å². The van der Waals surface area contributed by atoms with Crippen molar-refractivity contribution in [2.75, 3.05) is 6.61 Å². The van der Waals surface area contributed by atoms with Crippen LogP contribution in [-0.2, 0) is 11.3 Å². The van der Waals surface area contributed by atoms with Gasteiger partial charge in [-0.15, -0.1) is 0 Å². The second-order valence-electron chi connectivity index (χ2n) is 5.81. The van der Waals surface area contributed by atoms with Gasteiger partial charge in [-0.3, -0.25) is 4.79 Å². The summed E-state index contributed by atoms with van der Waals surface area (Å²) in [6.07, 6.45) is 0. The molecule has 3 rings (SSSR count). The van der Waals surface area contributed by atoms with Crippen LogP contribution < -0.4 is 10.1 Å². The summed E-state index contributed by atoms with van der Waals surface area (Å²) in [5.74, 6) is 1.23. The van der Waals surface area contributed by atoms with Crippen LogP contribution in [0.15, 0.2) is 51.5 Å². The molecule has 0 radical (unpaired) electrons. The van der Waals surface area contributed by atoms with Crippen LogP contribution in [0.25, 0.3) is 11.4 Å². The van der Waals surface area contributed by atoms with Crippen molar-refractivity contribution in [1.29, 1.82) is 0 Å². The summed E-state index contributed by atoms with van der Waals surface area (Å²) in [6.45, 7) is 4.02. The minimum atomic E-state index is -0.261. The fourth-order valence-corrected chi connectivity index (χ4v) is 2.62. The van der Waals surface area contributed by atoms with Crippen molar-refractivity contribution in [3.8, 4) is 17.1 Å². The molecule has 0 saturated heterocycles. The van der Waals surface area contributed by atoms with Gasteiger partial charge in [-0.05, 0) is 37.1 Å². The number of aryl methyl sites for hydroxylation is 2. The van der Waals surface area contributed by atoms with E-state index in [1.54, 1.807) is 0 Å². The molecular formula is C19H18BrN3O3. The Labute approximate surface area is 159 Å². The van der Waals surface area contributed by atoms with Crippen molar-refractivity contribution in [3.05, 3.63) is 64.0 Å². The van der Waals surface area contributed by atoms with E-state index in [9.17, 15) is 4.79 Å². The van der Waals surface area contributed by atoms with E-state index in [0.717, 1.165) is 21.2 Å². The number of ether oxygens (including phenoxy) is 1. The van der Waals surface area contributed by atoms with Gasteiger partial charge in [0.2, 0.25) is 11.7 Å². The van der Waals surface area contributed by atoms with Crippen molar-refractivity contribution >= 4 is 21.8 Å². The molecule has 0 aliphatic carbocycles. The molecule has 0 spiro atoms. The molecule has 0 aliphatic heterocycles. The van der Waals surface area contributed by atoms with E-state index in [4.69, 9.17) is 9.26 Å². The van der Waals surface area contributed by atoms with Crippen LogP contribution in [0.3, 0.4) is 0 Å². The third-order valence-corrected chi connectivity index (χ3v) is 4.97. The van der Waals surface area contributed by atoms with Crippen molar-refractivity contribution in [3.63, 3.8) is 0 Å². The highest BCUT2D eigenvalue weighted by atomic mass is 79.9. The van der Waals surface area contributed by atoms with Crippen LogP contribution in [0.2, 0.25) is 0 Å². The highest BCUT2D eigenvalue weighted by molar-refractivity contribution is 9.10. The predicted molar refractivity (Wildman–Crippen MR) is 101 cm³/mol. The highest BCUT2D eigenvalue weighted by Crippen LogP contribution is 2.26. The van der Waals surface area contributed by atoms with Gasteiger partial charge >= 0.3 is 0 Å². The zero-order valence-corrected chi connectivity index (χ0v) is 16.0. The number of aromatic nitrogens is 2. The Morgan fingerprint density at radius 3 is 2.58 bits per heavy atom. The molecular weight excluding hydrogens is 398 g/mol. The van der Waals surface area contributed by atoms with Crippen LogP contribution in [0, 0.1) is 13.8 Å². The first-order valence-electron chi connectivity index (χ1n) is 8.07. The summed E-state index contributed by atoms with van der Waals surface area (Å²) < 4.78 is 11.7. The Morgan fingerprint density at radius 1 is 1.19 bits per heavy atom. The summed E-state index contributed by atoms with van der Waals surface area (Å²) >= 11 is 3.50. The normalized spacial score (nSPS) is 10.6. The summed E-state index contributed by atoms with van der Waals surface area (Å²) in [5.41, 5.74) is 2.97. The van der Waals surface area contributed by atoms with Crippen LogP contribution >= 0.6 is 15.9 Å². The lowest BCUT2D eigenvalue weighted by Gasteiger charge is -2.10. The number of benzene rings is 2. The topological polar surface area (TPSA) is 77.2 Å². The van der Waals surface area contributed by atoms with E-state index in [0.29, 0.717) is 17.5 Å². The SMILES string of the molecule is Cc1cc(OCC(=O)NCc2nc(-c3ccccc3)no2)cc(C)c1Br. The van der Waals surface area contributed by atoms with E-state index in [-0.39, 0.29) is 19.1 Å². The molecule has 6 nitrogen and oxygen atoms in total. The zero-order valence-electron chi connectivity index (χ0n) is 14.5. The minimum Gasteiger partial charge on any atom is -0.484 e. The second-order valence-corrected chi connectivity index (χ2v) is 6.61. The fourth-order valence-electron chi connectivity index (χ4n) is 2.39. The van der Waals surface area contributed by atoms with E-state index in [1.165, 1.54) is 0 Å². The van der Waals surface area contributed by atoms with Gasteiger partial charge in [-0.2, -0.15) is 4.98 Å². The fraction of sp³-hybridized carbons (Fsp3) is 0.211. The van der Waals surface area contributed by atoms with E-state index < -0.39 is 0 Å². The van der Waals surface area contributed by atoms with Gasteiger partial charge in [0.05, 0.1) is 6.54 Å². The van der Waals surface area contributed by atoms with Crippen LogP contribution in [0.5, 0.6) is 5.75 Å². The largest absolute Gasteiger partial charge is 0.484 e. The van der Waals surface area contributed by atoms with Crippen LogP contribution in [0.4, 0.5) is 0 Å². The number of carbonyl (C=O) groups excluding carboxylic acids is 1. The smallest absolute Gasteiger partial charge is 0.258 e. The lowest BCUT2D eigenvalue weighted by atomic mass is 10.1. The Morgan fingerprint density at radius 2 is 1.88 bits per heavy atom. The lowest BCUT2D eigenvalue weighted by molar-refractivity contribution is -0.123. The summed E-state index contributed by atoms with van der Waals surface area (Å²) in [4.78, 5) is 16.2. The first-order valence-corrected chi connectivity index (χ1v) is 8.86. The van der Waals surface area contributed by atoms with Gasteiger partial charge in [0, 0.05) is 10.0 Å². The predicted octanol–water partition coefficient (Wildman–Crippen LogP) is 3.81. The molecule has 3 aromatic rings. The average molecular weight is 416 g/mol. The zero-order chi connectivity index (χ0) is 18.5. The number of hydrogen-bond donors (Lipinski definition) is 1. The molecule has 1 N–H and O–H groups in total. The van der Waals surface area contributed by atoms with Crippen molar-refractivity contribution in [1.82, 2.24) is 15.5 Å². The Hall–Kier alpha value is -2.67. The average Bonchev–Trinajstić information content (AvgIpc) is 3.12. The van der Waals surface area contributed by atoms with Gasteiger partial charge in [-0.25, -0.2) is 0 Å². The molecule has 1 aromatic heterocycles. The van der Waals surface area contributed by atoms with Gasteiger partial charge in [0.15, 0.2) is 6.61 Å². The molecule has 26 heavy (non-hydrogen) atoms. The molecule has 0 unspecified atom stereocenters. The number of halogens is 1. The maximum absolute atomic E-state index is 12.0. The highest BCUT2D eigenvalue weighted by Gasteiger charge is 2.10. The van der Waals surface area contributed by atoms with Gasteiger partial charge in [-0.1, -0.05) is 51.4 Å². The molecule has 2 aromatic carbocycles. The van der Waals surface area contributed by atoms with Crippen LogP contribution in [-0.4, -0.2) is 22.7 Å². The summed E-state index contributed by atoms with van der Waals surface area (Å²) in [7, 11) is 0. The molecule has 0 atom stereocenters. The van der Waals surface area contributed by atoms with E-state index in [2.05, 4.69) is 31.4 Å². The molecule has 1 heterocycles. The molecule has 1 amide bonds. The van der Waals surface area contributed by atoms with E-state index >= 15 is 0 Å². The number of amides is 1. The lowest BCUT2D eigenvalue weighted by Crippen LogP contribution is -2.28. The Kier molecular flexibility index (Phi) is 5.68. The van der Waals surface area contributed by atoms with Gasteiger partial charge in [0.25, 0.3) is 5.91 Å². The Bertz CT molecular complexity index is 886. The summed E-state index contributed by atoms with van der Waals surface area (Å²) in [5, 5.41) is 6.62. The number of carbonyl (C=O) groups is 1. The second kappa shape index (κ2) is 8.14. The number of nitrogens with one attached hydrogen (secondary N) is 1. The monoisotopic (exact) mass is 415 g/mol. The molecule has 0 bridgehead atoms. The molecule has 0 fully saturated rings. The third-order valence-electron chi connectivity index (χ3n) is 3.72. The number of rotatable bonds is 6. The van der Waals surface area contributed by atoms with Crippen molar-refractivity contribution < 1.29 is 14.1 Å². The first kappa shape index (κ1) is 18.1. The van der Waals surface area contributed by atoms with E-state index in [1.807, 2.05) is 56.3 Å².